The number of rotatable bonds is 7. The van der Waals surface area contributed by atoms with Gasteiger partial charge in [-0.05, 0) is 31.8 Å². The summed E-state index contributed by atoms with van der Waals surface area (Å²) in [5.41, 5.74) is 5.66. The van der Waals surface area contributed by atoms with Crippen molar-refractivity contribution in [1.29, 1.82) is 0 Å². The highest BCUT2D eigenvalue weighted by atomic mass is 32.2. The lowest BCUT2D eigenvalue weighted by Crippen LogP contribution is -2.34. The van der Waals surface area contributed by atoms with Crippen LogP contribution in [0.2, 0.25) is 0 Å². The molecule has 0 saturated carbocycles. The number of ether oxygens (including phenoxy) is 1. The smallest absolute Gasteiger partial charge is 0.323 e. The molecule has 0 aliphatic carbocycles. The summed E-state index contributed by atoms with van der Waals surface area (Å²) in [6.07, 6.45) is 4.61. The first-order chi connectivity index (χ1) is 6.61. The van der Waals surface area contributed by atoms with Gasteiger partial charge in [0.25, 0.3) is 0 Å². The van der Waals surface area contributed by atoms with Gasteiger partial charge in [0, 0.05) is 0 Å². The molecule has 0 heterocycles. The van der Waals surface area contributed by atoms with Crippen LogP contribution in [0, 0.1) is 0 Å². The molecule has 0 bridgehead atoms. The Balaban J connectivity index is 3.71. The van der Waals surface area contributed by atoms with Crippen molar-refractivity contribution < 1.29 is 9.53 Å². The van der Waals surface area contributed by atoms with E-state index < -0.39 is 6.04 Å². The number of nitrogens with two attached hydrogens (primary N) is 1. The van der Waals surface area contributed by atoms with Gasteiger partial charge in [0.05, 0.1) is 6.10 Å². The summed E-state index contributed by atoms with van der Waals surface area (Å²) in [5, 5.41) is 0. The molecule has 84 valence electrons. The normalized spacial score (nSPS) is 14.9. The van der Waals surface area contributed by atoms with Crippen LogP contribution in [0.1, 0.15) is 33.1 Å². The van der Waals surface area contributed by atoms with Crippen molar-refractivity contribution in [2.24, 2.45) is 5.73 Å². The van der Waals surface area contributed by atoms with Crippen LogP contribution in [-0.4, -0.2) is 30.1 Å². The van der Waals surface area contributed by atoms with Gasteiger partial charge < -0.3 is 10.5 Å². The van der Waals surface area contributed by atoms with Crippen LogP contribution in [0.25, 0.3) is 0 Å². The molecular formula is C10H21NO2S. The highest BCUT2D eigenvalue weighted by Gasteiger charge is 2.16. The molecule has 2 atom stereocenters. The van der Waals surface area contributed by atoms with Crippen molar-refractivity contribution in [2.45, 2.75) is 45.3 Å². The van der Waals surface area contributed by atoms with E-state index in [0.717, 1.165) is 18.6 Å². The average Bonchev–Trinajstić information content (AvgIpc) is 2.14. The molecular weight excluding hydrogens is 198 g/mol. The largest absolute Gasteiger partial charge is 0.462 e. The highest BCUT2D eigenvalue weighted by Crippen LogP contribution is 2.05. The number of esters is 1. The standard InChI is InChI=1S/C10H21NO2S/c1-4-5-8(2)13-10(12)9(11)6-7-14-3/h8-9H,4-7,11H2,1-3H3/t8?,9-/m0/s1. The second kappa shape index (κ2) is 8.12. The minimum Gasteiger partial charge on any atom is -0.462 e. The Labute approximate surface area is 90.8 Å². The minimum atomic E-state index is -0.457. The quantitative estimate of drug-likeness (QED) is 0.663. The van der Waals surface area contributed by atoms with Crippen molar-refractivity contribution >= 4 is 17.7 Å². The molecule has 0 amide bonds. The van der Waals surface area contributed by atoms with E-state index in [9.17, 15) is 4.79 Å². The second-order valence-corrected chi connectivity index (χ2v) is 4.41. The van der Waals surface area contributed by atoms with Crippen LogP contribution in [0.5, 0.6) is 0 Å². The van der Waals surface area contributed by atoms with Crippen LogP contribution < -0.4 is 5.73 Å². The fraction of sp³-hybridized carbons (Fsp3) is 0.900. The lowest BCUT2D eigenvalue weighted by atomic mass is 10.2. The number of hydrogen-bond donors (Lipinski definition) is 1. The molecule has 4 heteroatoms. The van der Waals surface area contributed by atoms with E-state index in [-0.39, 0.29) is 12.1 Å². The summed E-state index contributed by atoms with van der Waals surface area (Å²) < 4.78 is 5.18. The van der Waals surface area contributed by atoms with Crippen molar-refractivity contribution in [3.8, 4) is 0 Å². The van der Waals surface area contributed by atoms with E-state index in [0.29, 0.717) is 6.42 Å². The predicted molar refractivity (Wildman–Crippen MR) is 61.4 cm³/mol. The van der Waals surface area contributed by atoms with Crippen LogP contribution in [0.3, 0.4) is 0 Å². The topological polar surface area (TPSA) is 52.3 Å². The molecule has 3 nitrogen and oxygen atoms in total. The van der Waals surface area contributed by atoms with Gasteiger partial charge in [-0.25, -0.2) is 0 Å². The number of carbonyl (C=O) groups is 1. The summed E-state index contributed by atoms with van der Waals surface area (Å²) in [5.74, 6) is 0.637. The van der Waals surface area contributed by atoms with Crippen molar-refractivity contribution in [3.05, 3.63) is 0 Å². The maximum atomic E-state index is 11.4. The Hall–Kier alpha value is -0.220. The van der Waals surface area contributed by atoms with Crippen molar-refractivity contribution in [2.75, 3.05) is 12.0 Å². The monoisotopic (exact) mass is 219 g/mol. The molecule has 2 N–H and O–H groups in total. The first-order valence-electron chi connectivity index (χ1n) is 5.06. The van der Waals surface area contributed by atoms with Crippen LogP contribution >= 0.6 is 11.8 Å². The molecule has 14 heavy (non-hydrogen) atoms. The van der Waals surface area contributed by atoms with Gasteiger partial charge in [0.15, 0.2) is 0 Å². The predicted octanol–water partition coefficient (Wildman–Crippen LogP) is 1.80. The van der Waals surface area contributed by atoms with Gasteiger partial charge in [-0.1, -0.05) is 13.3 Å². The third kappa shape index (κ3) is 6.27. The number of hydrogen-bond acceptors (Lipinski definition) is 4. The lowest BCUT2D eigenvalue weighted by Gasteiger charge is -2.15. The highest BCUT2D eigenvalue weighted by molar-refractivity contribution is 7.98. The SMILES string of the molecule is CCCC(C)OC(=O)[C@@H](N)CCSC. The van der Waals surface area contributed by atoms with E-state index in [2.05, 4.69) is 6.92 Å². The molecule has 0 radical (unpaired) electrons. The van der Waals surface area contributed by atoms with E-state index in [1.54, 1.807) is 11.8 Å². The summed E-state index contributed by atoms with van der Waals surface area (Å²) in [7, 11) is 0. The Morgan fingerprint density at radius 3 is 2.64 bits per heavy atom. The number of carbonyl (C=O) groups excluding carboxylic acids is 1. The Morgan fingerprint density at radius 2 is 2.14 bits per heavy atom. The van der Waals surface area contributed by atoms with Gasteiger partial charge in [-0.2, -0.15) is 11.8 Å². The molecule has 1 unspecified atom stereocenters. The van der Waals surface area contributed by atoms with Gasteiger partial charge in [-0.15, -0.1) is 0 Å². The van der Waals surface area contributed by atoms with Crippen LogP contribution in [0.4, 0.5) is 0 Å². The van der Waals surface area contributed by atoms with Gasteiger partial charge in [0.2, 0.25) is 0 Å². The zero-order chi connectivity index (χ0) is 11.0. The van der Waals surface area contributed by atoms with Crippen molar-refractivity contribution in [1.82, 2.24) is 0 Å². The summed E-state index contributed by atoms with van der Waals surface area (Å²) in [6, 6.07) is -0.457. The Bertz CT molecular complexity index is 164. The van der Waals surface area contributed by atoms with E-state index in [1.807, 2.05) is 13.2 Å². The molecule has 0 aliphatic rings. The lowest BCUT2D eigenvalue weighted by molar-refractivity contribution is -0.150. The molecule has 0 aliphatic heterocycles. The van der Waals surface area contributed by atoms with Crippen LogP contribution in [0.15, 0.2) is 0 Å². The molecule has 0 saturated heterocycles. The first kappa shape index (κ1) is 13.8. The summed E-state index contributed by atoms with van der Waals surface area (Å²) >= 11 is 1.69. The second-order valence-electron chi connectivity index (χ2n) is 3.42. The van der Waals surface area contributed by atoms with Gasteiger partial charge >= 0.3 is 5.97 Å². The zero-order valence-corrected chi connectivity index (χ0v) is 10.1. The maximum Gasteiger partial charge on any atom is 0.323 e. The Kier molecular flexibility index (Phi) is 7.99. The van der Waals surface area contributed by atoms with Crippen molar-refractivity contribution in [3.63, 3.8) is 0 Å². The molecule has 0 spiro atoms. The Morgan fingerprint density at radius 1 is 1.50 bits per heavy atom. The first-order valence-corrected chi connectivity index (χ1v) is 6.46. The minimum absolute atomic E-state index is 0.00664. The van der Waals surface area contributed by atoms with Crippen LogP contribution in [-0.2, 0) is 9.53 Å². The van der Waals surface area contributed by atoms with Gasteiger partial charge in [0.1, 0.15) is 6.04 Å². The molecule has 0 aromatic carbocycles. The molecule has 0 fully saturated rings. The van der Waals surface area contributed by atoms with E-state index in [1.165, 1.54) is 0 Å². The van der Waals surface area contributed by atoms with Gasteiger partial charge in [-0.3, -0.25) is 4.79 Å². The maximum absolute atomic E-state index is 11.4. The summed E-state index contributed by atoms with van der Waals surface area (Å²) in [6.45, 7) is 3.97. The third-order valence-electron chi connectivity index (χ3n) is 1.95. The molecule has 0 aromatic rings. The summed E-state index contributed by atoms with van der Waals surface area (Å²) in [4.78, 5) is 11.4. The fourth-order valence-corrected chi connectivity index (χ4v) is 1.60. The average molecular weight is 219 g/mol. The zero-order valence-electron chi connectivity index (χ0n) is 9.29. The molecule has 0 aromatic heterocycles. The van der Waals surface area contributed by atoms with E-state index in [4.69, 9.17) is 10.5 Å². The fourth-order valence-electron chi connectivity index (χ4n) is 1.11. The third-order valence-corrected chi connectivity index (χ3v) is 2.59. The van der Waals surface area contributed by atoms with E-state index >= 15 is 0 Å². The number of thioether (sulfide) groups is 1. The molecule has 0 rings (SSSR count).